The van der Waals surface area contributed by atoms with E-state index in [2.05, 4.69) is 42.3 Å². The van der Waals surface area contributed by atoms with Crippen molar-refractivity contribution >= 4 is 5.69 Å². The summed E-state index contributed by atoms with van der Waals surface area (Å²) in [6.45, 7) is 0.772. The average Bonchev–Trinajstić information content (AvgIpc) is 2.97. The van der Waals surface area contributed by atoms with Crippen molar-refractivity contribution in [3.63, 3.8) is 0 Å². The summed E-state index contributed by atoms with van der Waals surface area (Å²) in [5.74, 6) is 0. The number of benzene rings is 1. The lowest BCUT2D eigenvalue weighted by molar-refractivity contribution is 0.135. The molecule has 3 rings (SSSR count). The molecule has 0 aromatic heterocycles. The maximum Gasteiger partial charge on any atom is 0.0521 e. The van der Waals surface area contributed by atoms with Gasteiger partial charge in [-0.05, 0) is 56.1 Å². The van der Waals surface area contributed by atoms with Crippen molar-refractivity contribution in [2.24, 2.45) is 11.1 Å². The van der Waals surface area contributed by atoms with Crippen LogP contribution in [0, 0.1) is 5.41 Å². The lowest BCUT2D eigenvalue weighted by Crippen LogP contribution is -2.55. The second-order valence-electron chi connectivity index (χ2n) is 7.03. The molecule has 0 amide bonds. The maximum atomic E-state index is 6.22. The first-order valence-electron chi connectivity index (χ1n) is 8.19. The minimum atomic E-state index is 0.176. The first-order valence-corrected chi connectivity index (χ1v) is 8.19. The highest BCUT2D eigenvalue weighted by atomic mass is 15.2. The van der Waals surface area contributed by atoms with Crippen LogP contribution in [0.15, 0.2) is 30.3 Å². The van der Waals surface area contributed by atoms with E-state index in [4.69, 9.17) is 5.73 Å². The van der Waals surface area contributed by atoms with Crippen molar-refractivity contribution in [3.8, 4) is 0 Å². The van der Waals surface area contributed by atoms with Gasteiger partial charge in [-0.25, -0.2) is 0 Å². The summed E-state index contributed by atoms with van der Waals surface area (Å²) in [4.78, 5) is 2.45. The minimum Gasteiger partial charge on any atom is -0.368 e. The predicted molar refractivity (Wildman–Crippen MR) is 86.0 cm³/mol. The Morgan fingerprint density at radius 2 is 1.55 bits per heavy atom. The van der Waals surface area contributed by atoms with E-state index in [0.717, 1.165) is 6.54 Å². The largest absolute Gasteiger partial charge is 0.368 e. The summed E-state index contributed by atoms with van der Waals surface area (Å²) < 4.78 is 0. The van der Waals surface area contributed by atoms with Gasteiger partial charge in [-0.2, -0.15) is 0 Å². The maximum absolute atomic E-state index is 6.22. The van der Waals surface area contributed by atoms with Crippen LogP contribution in [-0.2, 0) is 0 Å². The Bertz CT molecular complexity index is 424. The van der Waals surface area contributed by atoms with E-state index in [1.54, 1.807) is 0 Å². The van der Waals surface area contributed by atoms with Crippen LogP contribution in [0.4, 0.5) is 5.69 Å². The number of nitrogens with two attached hydrogens (primary N) is 1. The van der Waals surface area contributed by atoms with Crippen LogP contribution in [0.5, 0.6) is 0 Å². The Balaban J connectivity index is 1.76. The van der Waals surface area contributed by atoms with Crippen LogP contribution >= 0.6 is 0 Å². The fourth-order valence-corrected chi connectivity index (χ4v) is 4.47. The molecule has 2 heteroatoms. The van der Waals surface area contributed by atoms with Gasteiger partial charge in [-0.3, -0.25) is 0 Å². The fourth-order valence-electron chi connectivity index (χ4n) is 4.47. The number of rotatable bonds is 3. The van der Waals surface area contributed by atoms with E-state index in [9.17, 15) is 0 Å². The standard InChI is InChI=1S/C18H28N2/c1-20(16-7-3-2-4-8-16)18(15-19)13-11-17(12-14-18)9-5-6-10-17/h2-4,7-8H,5-6,9-15,19H2,1H3. The molecule has 2 fully saturated rings. The van der Waals surface area contributed by atoms with E-state index in [1.807, 2.05) is 0 Å². The van der Waals surface area contributed by atoms with E-state index >= 15 is 0 Å². The fraction of sp³-hybridized carbons (Fsp3) is 0.667. The van der Waals surface area contributed by atoms with Crippen LogP contribution in [0.25, 0.3) is 0 Å². The Kier molecular flexibility index (Phi) is 3.76. The third kappa shape index (κ3) is 2.35. The van der Waals surface area contributed by atoms with E-state index < -0.39 is 0 Å². The van der Waals surface area contributed by atoms with E-state index in [1.165, 1.54) is 57.1 Å². The molecule has 0 unspecified atom stereocenters. The van der Waals surface area contributed by atoms with Gasteiger partial charge in [0.1, 0.15) is 0 Å². The average molecular weight is 272 g/mol. The smallest absolute Gasteiger partial charge is 0.0521 e. The summed E-state index contributed by atoms with van der Waals surface area (Å²) in [5.41, 5.74) is 8.38. The summed E-state index contributed by atoms with van der Waals surface area (Å²) >= 11 is 0. The Hall–Kier alpha value is -1.02. The van der Waals surface area contributed by atoms with Crippen LogP contribution in [0.1, 0.15) is 51.4 Å². The van der Waals surface area contributed by atoms with Crippen molar-refractivity contribution in [2.45, 2.75) is 56.9 Å². The van der Waals surface area contributed by atoms with Crippen molar-refractivity contribution in [2.75, 3.05) is 18.5 Å². The molecule has 0 atom stereocenters. The van der Waals surface area contributed by atoms with Gasteiger partial charge < -0.3 is 10.6 Å². The molecule has 2 N–H and O–H groups in total. The molecule has 20 heavy (non-hydrogen) atoms. The SMILES string of the molecule is CN(c1ccccc1)C1(CN)CCC2(CCCC2)CC1. The van der Waals surface area contributed by atoms with Gasteiger partial charge in [-0.15, -0.1) is 0 Å². The number of likely N-dealkylation sites (N-methyl/N-ethyl adjacent to an activating group) is 1. The Morgan fingerprint density at radius 1 is 0.950 bits per heavy atom. The molecule has 1 aromatic carbocycles. The molecular formula is C18H28N2. The number of nitrogens with zero attached hydrogens (tertiary/aromatic N) is 1. The molecule has 1 spiro atoms. The molecular weight excluding hydrogens is 244 g/mol. The molecule has 2 saturated carbocycles. The lowest BCUT2D eigenvalue weighted by atomic mass is 9.66. The second kappa shape index (κ2) is 5.40. The van der Waals surface area contributed by atoms with Crippen LogP contribution in [0.2, 0.25) is 0 Å². The van der Waals surface area contributed by atoms with Crippen LogP contribution < -0.4 is 10.6 Å². The van der Waals surface area contributed by atoms with Gasteiger partial charge in [0.25, 0.3) is 0 Å². The van der Waals surface area contributed by atoms with Gasteiger partial charge in [0.2, 0.25) is 0 Å². The van der Waals surface area contributed by atoms with E-state index in [-0.39, 0.29) is 5.54 Å². The quantitative estimate of drug-likeness (QED) is 0.902. The van der Waals surface area contributed by atoms with Gasteiger partial charge in [0, 0.05) is 19.3 Å². The summed E-state index contributed by atoms with van der Waals surface area (Å²) in [5, 5.41) is 0. The van der Waals surface area contributed by atoms with Crippen LogP contribution in [0.3, 0.4) is 0 Å². The molecule has 0 bridgehead atoms. The molecule has 0 radical (unpaired) electrons. The number of anilines is 1. The topological polar surface area (TPSA) is 29.3 Å². The summed E-state index contributed by atoms with van der Waals surface area (Å²) in [7, 11) is 2.23. The highest BCUT2D eigenvalue weighted by Gasteiger charge is 2.45. The third-order valence-electron chi connectivity index (χ3n) is 6.14. The van der Waals surface area contributed by atoms with Gasteiger partial charge >= 0.3 is 0 Å². The van der Waals surface area contributed by atoms with Gasteiger partial charge in [0.05, 0.1) is 5.54 Å². The zero-order chi connectivity index (χ0) is 14.1. The molecule has 1 aromatic rings. The molecule has 2 aliphatic carbocycles. The van der Waals surface area contributed by atoms with Gasteiger partial charge in [0.15, 0.2) is 0 Å². The molecule has 0 saturated heterocycles. The number of para-hydroxylation sites is 1. The number of hydrogen-bond acceptors (Lipinski definition) is 2. The highest BCUT2D eigenvalue weighted by molar-refractivity contribution is 5.48. The molecule has 110 valence electrons. The predicted octanol–water partition coefficient (Wildman–Crippen LogP) is 3.95. The minimum absolute atomic E-state index is 0.176. The second-order valence-corrected chi connectivity index (χ2v) is 7.03. The normalized spacial score (nSPS) is 23.9. The van der Waals surface area contributed by atoms with Crippen molar-refractivity contribution < 1.29 is 0 Å². The molecule has 2 nitrogen and oxygen atoms in total. The van der Waals surface area contributed by atoms with Crippen molar-refractivity contribution in [1.82, 2.24) is 0 Å². The molecule has 0 heterocycles. The van der Waals surface area contributed by atoms with Gasteiger partial charge in [-0.1, -0.05) is 31.0 Å². The van der Waals surface area contributed by atoms with Crippen molar-refractivity contribution in [3.05, 3.63) is 30.3 Å². The zero-order valence-electron chi connectivity index (χ0n) is 12.8. The zero-order valence-corrected chi connectivity index (χ0v) is 12.8. The Morgan fingerprint density at radius 3 is 2.10 bits per heavy atom. The van der Waals surface area contributed by atoms with E-state index in [0.29, 0.717) is 5.41 Å². The first kappa shape index (κ1) is 13.9. The summed E-state index contributed by atoms with van der Waals surface area (Å²) in [6.07, 6.45) is 11.1. The molecule has 2 aliphatic rings. The van der Waals surface area contributed by atoms with Crippen LogP contribution in [-0.4, -0.2) is 19.1 Å². The highest BCUT2D eigenvalue weighted by Crippen LogP contribution is 2.52. The monoisotopic (exact) mass is 272 g/mol. The number of hydrogen-bond donors (Lipinski definition) is 1. The first-order chi connectivity index (χ1) is 9.70. The summed E-state index contributed by atoms with van der Waals surface area (Å²) in [6, 6.07) is 10.7. The Labute approximate surface area is 123 Å². The van der Waals surface area contributed by atoms with Crippen molar-refractivity contribution in [1.29, 1.82) is 0 Å². The molecule has 0 aliphatic heterocycles. The lowest BCUT2D eigenvalue weighted by Gasteiger charge is -2.50. The third-order valence-corrected chi connectivity index (χ3v) is 6.14.